The minimum atomic E-state index is 0.502. The maximum Gasteiger partial charge on any atom is 0.202 e. The van der Waals surface area contributed by atoms with Crippen molar-refractivity contribution in [3.63, 3.8) is 0 Å². The lowest BCUT2D eigenvalue weighted by molar-refractivity contribution is 0.689. The van der Waals surface area contributed by atoms with Crippen LogP contribution in [0.5, 0.6) is 0 Å². The molecule has 4 heteroatoms. The first-order valence-electron chi connectivity index (χ1n) is 5.35. The first kappa shape index (κ1) is 11.4. The second-order valence-electron chi connectivity index (χ2n) is 3.60. The van der Waals surface area contributed by atoms with Crippen LogP contribution < -0.4 is 5.32 Å². The van der Waals surface area contributed by atoms with Gasteiger partial charge in [0.2, 0.25) is 5.13 Å². The van der Waals surface area contributed by atoms with Crippen LogP contribution in [0.3, 0.4) is 0 Å². The van der Waals surface area contributed by atoms with E-state index in [1.54, 1.807) is 0 Å². The van der Waals surface area contributed by atoms with Gasteiger partial charge in [-0.1, -0.05) is 20.3 Å². The average molecular weight is 213 g/mol. The van der Waals surface area contributed by atoms with E-state index >= 15 is 0 Å². The number of anilines is 1. The first-order chi connectivity index (χ1) is 6.76. The normalized spacial score (nSPS) is 12.8. The van der Waals surface area contributed by atoms with Crippen LogP contribution in [0, 0.1) is 0 Å². The summed E-state index contributed by atoms with van der Waals surface area (Å²) in [5.74, 6) is 0.976. The van der Waals surface area contributed by atoms with Crippen molar-refractivity contribution in [3.05, 3.63) is 5.82 Å². The minimum absolute atomic E-state index is 0.502. The predicted molar refractivity (Wildman–Crippen MR) is 61.9 cm³/mol. The lowest BCUT2D eigenvalue weighted by Crippen LogP contribution is -2.14. The molecule has 0 radical (unpaired) electrons. The van der Waals surface area contributed by atoms with Crippen molar-refractivity contribution in [1.82, 2.24) is 9.36 Å². The zero-order valence-corrected chi connectivity index (χ0v) is 10.0. The number of rotatable bonds is 6. The van der Waals surface area contributed by atoms with Gasteiger partial charge in [0.15, 0.2) is 0 Å². The lowest BCUT2D eigenvalue weighted by atomic mass is 10.2. The molecule has 1 unspecified atom stereocenters. The Morgan fingerprint density at radius 3 is 2.79 bits per heavy atom. The van der Waals surface area contributed by atoms with Crippen LogP contribution in [0.2, 0.25) is 0 Å². The molecule has 1 aromatic rings. The standard InChI is InChI=1S/C10H19N3S/c1-4-6-8(3)11-10-12-9(7-5-2)13-14-10/h8H,4-7H2,1-3H3,(H,11,12,13). The second kappa shape index (κ2) is 5.96. The van der Waals surface area contributed by atoms with Crippen LogP contribution in [-0.2, 0) is 6.42 Å². The molecule has 0 aliphatic carbocycles. The fourth-order valence-electron chi connectivity index (χ4n) is 1.35. The highest BCUT2D eigenvalue weighted by molar-refractivity contribution is 7.09. The van der Waals surface area contributed by atoms with Crippen molar-refractivity contribution >= 4 is 16.7 Å². The molecular weight excluding hydrogens is 194 g/mol. The molecule has 1 atom stereocenters. The third kappa shape index (κ3) is 3.62. The summed E-state index contributed by atoms with van der Waals surface area (Å²) in [7, 11) is 0. The van der Waals surface area contributed by atoms with Gasteiger partial charge in [0.05, 0.1) is 0 Å². The van der Waals surface area contributed by atoms with Crippen LogP contribution in [0.15, 0.2) is 0 Å². The number of hydrogen-bond acceptors (Lipinski definition) is 4. The number of aryl methyl sites for hydroxylation is 1. The Hall–Kier alpha value is -0.640. The zero-order chi connectivity index (χ0) is 10.4. The summed E-state index contributed by atoms with van der Waals surface area (Å²) >= 11 is 1.47. The molecule has 0 aliphatic rings. The van der Waals surface area contributed by atoms with Crippen LogP contribution in [0.1, 0.15) is 45.9 Å². The molecule has 1 N–H and O–H groups in total. The van der Waals surface area contributed by atoms with Crippen molar-refractivity contribution in [2.24, 2.45) is 0 Å². The third-order valence-corrected chi connectivity index (χ3v) is 2.72. The van der Waals surface area contributed by atoms with Crippen LogP contribution in [0.25, 0.3) is 0 Å². The summed E-state index contributed by atoms with van der Waals surface area (Å²) < 4.78 is 4.29. The average Bonchev–Trinajstić information content (AvgIpc) is 2.53. The van der Waals surface area contributed by atoms with Crippen LogP contribution in [0.4, 0.5) is 5.13 Å². The molecular formula is C10H19N3S. The van der Waals surface area contributed by atoms with E-state index in [0.717, 1.165) is 23.8 Å². The van der Waals surface area contributed by atoms with E-state index in [4.69, 9.17) is 0 Å². The van der Waals surface area contributed by atoms with E-state index in [2.05, 4.69) is 35.4 Å². The molecule has 0 bridgehead atoms. The van der Waals surface area contributed by atoms with E-state index in [-0.39, 0.29) is 0 Å². The topological polar surface area (TPSA) is 37.8 Å². The van der Waals surface area contributed by atoms with Gasteiger partial charge in [-0.15, -0.1) is 0 Å². The Balaban J connectivity index is 2.42. The SMILES string of the molecule is CCCc1nsc(NC(C)CCC)n1. The summed E-state index contributed by atoms with van der Waals surface area (Å²) in [4.78, 5) is 4.42. The Kier molecular flexibility index (Phi) is 4.87. The predicted octanol–water partition coefficient (Wildman–Crippen LogP) is 3.09. The Labute approximate surface area is 90.1 Å². The molecule has 0 spiro atoms. The van der Waals surface area contributed by atoms with Gasteiger partial charge in [-0.05, 0) is 19.8 Å². The third-order valence-electron chi connectivity index (χ3n) is 2.03. The molecule has 0 amide bonds. The van der Waals surface area contributed by atoms with Crippen LogP contribution in [-0.4, -0.2) is 15.4 Å². The Bertz CT molecular complexity index is 260. The molecule has 0 aliphatic heterocycles. The molecule has 14 heavy (non-hydrogen) atoms. The fourth-order valence-corrected chi connectivity index (χ4v) is 2.08. The van der Waals surface area contributed by atoms with Gasteiger partial charge >= 0.3 is 0 Å². The van der Waals surface area contributed by atoms with E-state index in [1.165, 1.54) is 24.4 Å². The summed E-state index contributed by atoms with van der Waals surface area (Å²) in [5, 5.41) is 4.33. The van der Waals surface area contributed by atoms with Crippen molar-refractivity contribution in [2.75, 3.05) is 5.32 Å². The summed E-state index contributed by atoms with van der Waals surface area (Å²) in [5.41, 5.74) is 0. The Morgan fingerprint density at radius 1 is 1.36 bits per heavy atom. The number of nitrogens with one attached hydrogen (secondary N) is 1. The van der Waals surface area contributed by atoms with Gasteiger partial charge in [0, 0.05) is 24.0 Å². The molecule has 1 rings (SSSR count). The van der Waals surface area contributed by atoms with E-state index in [9.17, 15) is 0 Å². The number of aromatic nitrogens is 2. The van der Waals surface area contributed by atoms with Gasteiger partial charge in [0.25, 0.3) is 0 Å². The first-order valence-corrected chi connectivity index (χ1v) is 6.12. The molecule has 0 saturated heterocycles. The summed E-state index contributed by atoms with van der Waals surface area (Å²) in [6, 6.07) is 0.502. The molecule has 3 nitrogen and oxygen atoms in total. The van der Waals surface area contributed by atoms with E-state index < -0.39 is 0 Å². The smallest absolute Gasteiger partial charge is 0.202 e. The summed E-state index contributed by atoms with van der Waals surface area (Å²) in [6.07, 6.45) is 4.48. The Morgan fingerprint density at radius 2 is 2.14 bits per heavy atom. The van der Waals surface area contributed by atoms with E-state index in [1.807, 2.05) is 0 Å². The highest BCUT2D eigenvalue weighted by Crippen LogP contribution is 2.14. The minimum Gasteiger partial charge on any atom is -0.358 e. The maximum atomic E-state index is 4.42. The summed E-state index contributed by atoms with van der Waals surface area (Å²) in [6.45, 7) is 6.53. The number of nitrogens with zero attached hydrogens (tertiary/aromatic N) is 2. The van der Waals surface area contributed by atoms with Gasteiger partial charge < -0.3 is 5.32 Å². The second-order valence-corrected chi connectivity index (χ2v) is 4.35. The van der Waals surface area contributed by atoms with Crippen molar-refractivity contribution < 1.29 is 0 Å². The largest absolute Gasteiger partial charge is 0.358 e. The van der Waals surface area contributed by atoms with Gasteiger partial charge in [-0.25, -0.2) is 4.98 Å². The molecule has 1 heterocycles. The van der Waals surface area contributed by atoms with Gasteiger partial charge in [-0.3, -0.25) is 0 Å². The van der Waals surface area contributed by atoms with Crippen molar-refractivity contribution in [3.8, 4) is 0 Å². The molecule has 0 fully saturated rings. The fraction of sp³-hybridized carbons (Fsp3) is 0.800. The zero-order valence-electron chi connectivity index (χ0n) is 9.21. The highest BCUT2D eigenvalue weighted by atomic mass is 32.1. The highest BCUT2D eigenvalue weighted by Gasteiger charge is 2.05. The maximum absolute atomic E-state index is 4.42. The van der Waals surface area contributed by atoms with Gasteiger partial charge in [0.1, 0.15) is 5.82 Å². The number of hydrogen-bond donors (Lipinski definition) is 1. The van der Waals surface area contributed by atoms with Crippen molar-refractivity contribution in [1.29, 1.82) is 0 Å². The monoisotopic (exact) mass is 213 g/mol. The van der Waals surface area contributed by atoms with Crippen LogP contribution >= 0.6 is 11.5 Å². The molecule has 80 valence electrons. The molecule has 0 saturated carbocycles. The quantitative estimate of drug-likeness (QED) is 0.789. The molecule has 0 aromatic carbocycles. The molecule has 1 aromatic heterocycles. The lowest BCUT2D eigenvalue weighted by Gasteiger charge is -2.09. The van der Waals surface area contributed by atoms with E-state index in [0.29, 0.717) is 6.04 Å². The van der Waals surface area contributed by atoms with Gasteiger partial charge in [-0.2, -0.15) is 4.37 Å². The van der Waals surface area contributed by atoms with Crippen molar-refractivity contribution in [2.45, 2.75) is 52.5 Å².